The average Bonchev–Trinajstić information content (AvgIpc) is 2.82. The summed E-state index contributed by atoms with van der Waals surface area (Å²) >= 11 is 0. The van der Waals surface area contributed by atoms with E-state index in [2.05, 4.69) is 5.32 Å². The van der Waals surface area contributed by atoms with E-state index in [1.54, 1.807) is 0 Å². The summed E-state index contributed by atoms with van der Waals surface area (Å²) in [7, 11) is -2.93. The lowest BCUT2D eigenvalue weighted by Gasteiger charge is -2.10. The third-order valence-corrected chi connectivity index (χ3v) is 5.51. The van der Waals surface area contributed by atoms with Gasteiger partial charge in [-0.1, -0.05) is 29.8 Å². The van der Waals surface area contributed by atoms with Gasteiger partial charge in [0.15, 0.2) is 9.84 Å². The maximum absolute atomic E-state index is 12.0. The van der Waals surface area contributed by atoms with Gasteiger partial charge >= 0.3 is 0 Å². The van der Waals surface area contributed by atoms with Crippen LogP contribution in [0.1, 0.15) is 17.5 Å². The Labute approximate surface area is 103 Å². The minimum absolute atomic E-state index is 0.173. The molecule has 1 aliphatic rings. The van der Waals surface area contributed by atoms with E-state index >= 15 is 0 Å². The first-order valence-electron chi connectivity index (χ1n) is 6.06. The normalized spacial score (nSPS) is 20.6. The second-order valence-electron chi connectivity index (χ2n) is 4.72. The monoisotopic (exact) mass is 253 g/mol. The molecule has 1 atom stereocenters. The predicted molar refractivity (Wildman–Crippen MR) is 69.9 cm³/mol. The van der Waals surface area contributed by atoms with Crippen molar-refractivity contribution >= 4 is 9.84 Å². The third-order valence-electron chi connectivity index (χ3n) is 3.32. The van der Waals surface area contributed by atoms with Crippen molar-refractivity contribution in [3.8, 4) is 0 Å². The largest absolute Gasteiger partial charge is 0.315 e. The molecule has 1 aromatic carbocycles. The molecule has 3 nitrogen and oxygen atoms in total. The summed E-state index contributed by atoms with van der Waals surface area (Å²) in [4.78, 5) is 0. The quantitative estimate of drug-likeness (QED) is 0.880. The van der Waals surface area contributed by atoms with Gasteiger partial charge in [0.2, 0.25) is 0 Å². The number of nitrogens with one attached hydrogen (secondary N) is 1. The molecular weight excluding hydrogens is 234 g/mol. The van der Waals surface area contributed by atoms with Gasteiger partial charge in [0.05, 0.1) is 11.0 Å². The number of sulfone groups is 1. The fourth-order valence-corrected chi connectivity index (χ4v) is 3.82. The standard InChI is InChI=1S/C13H19NO2S/c1-11-2-4-12(5-3-11)7-9-17(15,16)13-6-8-14-10-13/h2-5,13-14H,6-10H2,1H3. The molecule has 17 heavy (non-hydrogen) atoms. The third kappa shape index (κ3) is 3.30. The van der Waals surface area contributed by atoms with Crippen LogP contribution in [-0.4, -0.2) is 32.5 Å². The van der Waals surface area contributed by atoms with Crippen LogP contribution in [0.25, 0.3) is 0 Å². The number of benzene rings is 1. The van der Waals surface area contributed by atoms with Gasteiger partial charge in [0.1, 0.15) is 0 Å². The van der Waals surface area contributed by atoms with Crippen LogP contribution in [0.15, 0.2) is 24.3 Å². The van der Waals surface area contributed by atoms with E-state index in [0.29, 0.717) is 13.0 Å². The van der Waals surface area contributed by atoms with Crippen LogP contribution >= 0.6 is 0 Å². The Morgan fingerprint density at radius 1 is 1.29 bits per heavy atom. The summed E-state index contributed by atoms with van der Waals surface area (Å²) in [6, 6.07) is 8.08. The Kier molecular flexibility index (Phi) is 3.84. The van der Waals surface area contributed by atoms with Crippen molar-refractivity contribution in [2.45, 2.75) is 25.0 Å². The molecular formula is C13H19NO2S. The fraction of sp³-hybridized carbons (Fsp3) is 0.538. The van der Waals surface area contributed by atoms with E-state index in [4.69, 9.17) is 0 Å². The van der Waals surface area contributed by atoms with E-state index in [1.165, 1.54) is 5.56 Å². The molecule has 1 aromatic rings. The van der Waals surface area contributed by atoms with Gasteiger partial charge in [-0.2, -0.15) is 0 Å². The molecule has 0 radical (unpaired) electrons. The minimum Gasteiger partial charge on any atom is -0.315 e. The van der Waals surface area contributed by atoms with E-state index in [9.17, 15) is 8.42 Å². The number of hydrogen-bond acceptors (Lipinski definition) is 3. The van der Waals surface area contributed by atoms with Gasteiger partial charge in [-0.05, 0) is 31.9 Å². The number of hydrogen-bond donors (Lipinski definition) is 1. The summed E-state index contributed by atoms with van der Waals surface area (Å²) in [5.41, 5.74) is 2.31. The Balaban J connectivity index is 1.95. The molecule has 0 aromatic heterocycles. The van der Waals surface area contributed by atoms with Crippen LogP contribution in [0.3, 0.4) is 0 Å². The summed E-state index contributed by atoms with van der Waals surface area (Å²) in [5.74, 6) is 0.266. The minimum atomic E-state index is -2.93. The van der Waals surface area contributed by atoms with E-state index in [-0.39, 0.29) is 11.0 Å². The maximum Gasteiger partial charge on any atom is 0.154 e. The lowest BCUT2D eigenvalue weighted by Crippen LogP contribution is -2.27. The lowest BCUT2D eigenvalue weighted by atomic mass is 10.1. The summed E-state index contributed by atoms with van der Waals surface area (Å²) in [6.45, 7) is 3.48. The Morgan fingerprint density at radius 3 is 2.59 bits per heavy atom. The highest BCUT2D eigenvalue weighted by Crippen LogP contribution is 2.13. The van der Waals surface area contributed by atoms with Crippen LogP contribution in [0.4, 0.5) is 0 Å². The van der Waals surface area contributed by atoms with Crippen molar-refractivity contribution in [1.82, 2.24) is 5.32 Å². The molecule has 0 bridgehead atoms. The van der Waals surface area contributed by atoms with Crippen molar-refractivity contribution < 1.29 is 8.42 Å². The highest BCUT2D eigenvalue weighted by Gasteiger charge is 2.27. The molecule has 1 aliphatic heterocycles. The van der Waals surface area contributed by atoms with Crippen LogP contribution in [0, 0.1) is 6.92 Å². The molecule has 0 saturated carbocycles. The first-order chi connectivity index (χ1) is 8.08. The van der Waals surface area contributed by atoms with Crippen LogP contribution in [0.5, 0.6) is 0 Å². The first kappa shape index (κ1) is 12.6. The molecule has 1 saturated heterocycles. The molecule has 1 unspecified atom stereocenters. The molecule has 1 N–H and O–H groups in total. The predicted octanol–water partition coefficient (Wildman–Crippen LogP) is 1.31. The molecule has 4 heteroatoms. The Bertz CT molecular complexity index is 459. The van der Waals surface area contributed by atoms with Crippen molar-refractivity contribution in [1.29, 1.82) is 0 Å². The van der Waals surface area contributed by atoms with Crippen LogP contribution in [-0.2, 0) is 16.3 Å². The van der Waals surface area contributed by atoms with Gasteiger partial charge in [-0.25, -0.2) is 8.42 Å². The molecule has 0 amide bonds. The summed E-state index contributed by atoms with van der Waals surface area (Å²) in [5, 5.41) is 2.93. The molecule has 1 fully saturated rings. The second kappa shape index (κ2) is 5.19. The molecule has 0 spiro atoms. The van der Waals surface area contributed by atoms with Crippen molar-refractivity contribution in [2.75, 3.05) is 18.8 Å². The maximum atomic E-state index is 12.0. The highest BCUT2D eigenvalue weighted by atomic mass is 32.2. The number of rotatable bonds is 4. The van der Waals surface area contributed by atoms with Crippen LogP contribution in [0.2, 0.25) is 0 Å². The highest BCUT2D eigenvalue weighted by molar-refractivity contribution is 7.92. The smallest absolute Gasteiger partial charge is 0.154 e. The molecule has 1 heterocycles. The zero-order chi connectivity index (χ0) is 12.3. The van der Waals surface area contributed by atoms with Crippen molar-refractivity contribution in [2.24, 2.45) is 0 Å². The van der Waals surface area contributed by atoms with E-state index in [0.717, 1.165) is 18.5 Å². The van der Waals surface area contributed by atoms with E-state index < -0.39 is 9.84 Å². The van der Waals surface area contributed by atoms with Crippen molar-refractivity contribution in [3.05, 3.63) is 35.4 Å². The Morgan fingerprint density at radius 2 is 2.00 bits per heavy atom. The van der Waals surface area contributed by atoms with Gasteiger partial charge in [0, 0.05) is 6.54 Å². The van der Waals surface area contributed by atoms with Crippen LogP contribution < -0.4 is 5.32 Å². The second-order valence-corrected chi connectivity index (χ2v) is 7.12. The van der Waals surface area contributed by atoms with Gasteiger partial charge in [0.25, 0.3) is 0 Å². The molecule has 94 valence electrons. The summed E-state index contributed by atoms with van der Waals surface area (Å²) < 4.78 is 24.1. The fourth-order valence-electron chi connectivity index (χ4n) is 2.12. The summed E-state index contributed by atoms with van der Waals surface area (Å²) in [6.07, 6.45) is 1.38. The first-order valence-corrected chi connectivity index (χ1v) is 7.77. The lowest BCUT2D eigenvalue weighted by molar-refractivity contribution is 0.582. The van der Waals surface area contributed by atoms with E-state index in [1.807, 2.05) is 31.2 Å². The van der Waals surface area contributed by atoms with Crippen molar-refractivity contribution in [3.63, 3.8) is 0 Å². The van der Waals surface area contributed by atoms with Gasteiger partial charge in [-0.3, -0.25) is 0 Å². The zero-order valence-corrected chi connectivity index (χ0v) is 11.0. The number of aryl methyl sites for hydroxylation is 2. The van der Waals surface area contributed by atoms with Gasteiger partial charge < -0.3 is 5.32 Å². The molecule has 2 rings (SSSR count). The average molecular weight is 253 g/mol. The van der Waals surface area contributed by atoms with Gasteiger partial charge in [-0.15, -0.1) is 0 Å². The zero-order valence-electron chi connectivity index (χ0n) is 10.1. The topological polar surface area (TPSA) is 46.2 Å². The SMILES string of the molecule is Cc1ccc(CCS(=O)(=O)C2CCNC2)cc1. The molecule has 0 aliphatic carbocycles. The Hall–Kier alpha value is -0.870.